The molecule has 4 heteroatoms. The number of aliphatic hydroxyl groups is 1. The fourth-order valence-corrected chi connectivity index (χ4v) is 4.10. The van der Waals surface area contributed by atoms with Gasteiger partial charge in [0.15, 0.2) is 0 Å². The summed E-state index contributed by atoms with van der Waals surface area (Å²) in [5.41, 5.74) is 0.473. The minimum absolute atomic E-state index is 0.204. The van der Waals surface area contributed by atoms with Gasteiger partial charge in [0.05, 0.1) is 5.60 Å². The van der Waals surface area contributed by atoms with Crippen molar-refractivity contribution in [2.75, 3.05) is 32.8 Å². The Bertz CT molecular complexity index is 553. The Labute approximate surface area is 144 Å². The first kappa shape index (κ1) is 17.6. The highest BCUT2D eigenvalue weighted by atomic mass is 19.1. The molecule has 0 radical (unpaired) electrons. The molecule has 0 aliphatic carbocycles. The predicted octanol–water partition coefficient (Wildman–Crippen LogP) is 3.34. The van der Waals surface area contributed by atoms with E-state index in [1.807, 2.05) is 6.08 Å². The SMILES string of the molecule is C[C@@H]1CN(CC=Cc2ccc(F)cc2)CC[C@@]1(O)C1CCOCC1. The summed E-state index contributed by atoms with van der Waals surface area (Å²) < 4.78 is 18.3. The zero-order valence-corrected chi connectivity index (χ0v) is 14.5. The van der Waals surface area contributed by atoms with Crippen molar-refractivity contribution in [3.8, 4) is 0 Å². The highest BCUT2D eigenvalue weighted by Gasteiger charge is 2.44. The third-order valence-corrected chi connectivity index (χ3v) is 5.69. The summed E-state index contributed by atoms with van der Waals surface area (Å²) in [5.74, 6) is 0.441. The van der Waals surface area contributed by atoms with E-state index in [1.165, 1.54) is 12.1 Å². The second-order valence-corrected chi connectivity index (χ2v) is 7.24. The maximum atomic E-state index is 12.9. The van der Waals surface area contributed by atoms with Gasteiger partial charge in [-0.1, -0.05) is 31.2 Å². The quantitative estimate of drug-likeness (QED) is 0.917. The molecule has 0 saturated carbocycles. The van der Waals surface area contributed by atoms with Crippen LogP contribution in [0.4, 0.5) is 4.39 Å². The summed E-state index contributed by atoms with van der Waals surface area (Å²) in [4.78, 5) is 2.39. The van der Waals surface area contributed by atoms with Crippen molar-refractivity contribution in [2.24, 2.45) is 11.8 Å². The van der Waals surface area contributed by atoms with Crippen LogP contribution in [0.15, 0.2) is 30.3 Å². The topological polar surface area (TPSA) is 32.7 Å². The minimum atomic E-state index is -0.541. The molecule has 1 aromatic rings. The van der Waals surface area contributed by atoms with Gasteiger partial charge in [-0.2, -0.15) is 0 Å². The van der Waals surface area contributed by atoms with Crippen molar-refractivity contribution < 1.29 is 14.2 Å². The number of halogens is 1. The third-order valence-electron chi connectivity index (χ3n) is 5.69. The lowest BCUT2D eigenvalue weighted by Gasteiger charge is -2.48. The van der Waals surface area contributed by atoms with Crippen LogP contribution in [-0.4, -0.2) is 48.5 Å². The Morgan fingerprint density at radius 1 is 1.29 bits per heavy atom. The van der Waals surface area contributed by atoms with E-state index in [0.29, 0.717) is 5.92 Å². The molecule has 2 atom stereocenters. The fraction of sp³-hybridized carbons (Fsp3) is 0.600. The molecule has 24 heavy (non-hydrogen) atoms. The normalized spacial score (nSPS) is 30.0. The lowest BCUT2D eigenvalue weighted by Crippen LogP contribution is -2.55. The average molecular weight is 333 g/mol. The molecular weight excluding hydrogens is 305 g/mol. The highest BCUT2D eigenvalue weighted by molar-refractivity contribution is 5.48. The summed E-state index contributed by atoms with van der Waals surface area (Å²) in [7, 11) is 0. The van der Waals surface area contributed by atoms with E-state index in [2.05, 4.69) is 17.9 Å². The first-order chi connectivity index (χ1) is 11.6. The maximum Gasteiger partial charge on any atom is 0.123 e. The fourth-order valence-electron chi connectivity index (χ4n) is 4.10. The van der Waals surface area contributed by atoms with Crippen molar-refractivity contribution in [2.45, 2.75) is 31.8 Å². The van der Waals surface area contributed by atoms with Crippen LogP contribution >= 0.6 is 0 Å². The van der Waals surface area contributed by atoms with E-state index in [1.54, 1.807) is 12.1 Å². The van der Waals surface area contributed by atoms with Gasteiger partial charge in [-0.3, -0.25) is 4.90 Å². The predicted molar refractivity (Wildman–Crippen MR) is 94.1 cm³/mol. The van der Waals surface area contributed by atoms with E-state index < -0.39 is 5.60 Å². The van der Waals surface area contributed by atoms with E-state index in [4.69, 9.17) is 4.74 Å². The van der Waals surface area contributed by atoms with Gasteiger partial charge < -0.3 is 9.84 Å². The number of rotatable bonds is 4. The monoisotopic (exact) mass is 333 g/mol. The molecule has 2 aliphatic rings. The second kappa shape index (κ2) is 7.77. The van der Waals surface area contributed by atoms with Crippen LogP contribution in [0.5, 0.6) is 0 Å². The van der Waals surface area contributed by atoms with E-state index >= 15 is 0 Å². The second-order valence-electron chi connectivity index (χ2n) is 7.24. The number of nitrogens with zero attached hydrogens (tertiary/aromatic N) is 1. The first-order valence-electron chi connectivity index (χ1n) is 9.02. The van der Waals surface area contributed by atoms with Gasteiger partial charge in [0, 0.05) is 32.8 Å². The molecule has 2 fully saturated rings. The number of benzene rings is 1. The van der Waals surface area contributed by atoms with Gasteiger partial charge in [0.25, 0.3) is 0 Å². The van der Waals surface area contributed by atoms with Gasteiger partial charge in [0.1, 0.15) is 5.82 Å². The van der Waals surface area contributed by atoms with Crippen molar-refractivity contribution in [1.29, 1.82) is 0 Å². The van der Waals surface area contributed by atoms with Crippen LogP contribution in [0.25, 0.3) is 6.08 Å². The van der Waals surface area contributed by atoms with E-state index in [9.17, 15) is 9.50 Å². The molecule has 3 rings (SSSR count). The number of piperidine rings is 1. The molecule has 132 valence electrons. The number of hydrogen-bond donors (Lipinski definition) is 1. The highest BCUT2D eigenvalue weighted by Crippen LogP contribution is 2.39. The molecule has 1 aromatic carbocycles. The van der Waals surface area contributed by atoms with Crippen molar-refractivity contribution in [3.63, 3.8) is 0 Å². The first-order valence-corrected chi connectivity index (χ1v) is 9.02. The van der Waals surface area contributed by atoms with Gasteiger partial charge in [-0.05, 0) is 48.8 Å². The van der Waals surface area contributed by atoms with Gasteiger partial charge in [0.2, 0.25) is 0 Å². The molecule has 0 unspecified atom stereocenters. The van der Waals surface area contributed by atoms with Crippen LogP contribution < -0.4 is 0 Å². The number of ether oxygens (including phenoxy) is 1. The Hall–Kier alpha value is -1.23. The zero-order valence-electron chi connectivity index (χ0n) is 14.5. The maximum absolute atomic E-state index is 12.9. The lowest BCUT2D eigenvalue weighted by molar-refractivity contribution is -0.129. The van der Waals surface area contributed by atoms with Gasteiger partial charge >= 0.3 is 0 Å². The molecule has 0 bridgehead atoms. The van der Waals surface area contributed by atoms with Crippen LogP contribution in [0.1, 0.15) is 31.7 Å². The van der Waals surface area contributed by atoms with Crippen LogP contribution in [0.2, 0.25) is 0 Å². The summed E-state index contributed by atoms with van der Waals surface area (Å²) in [5, 5.41) is 11.2. The molecule has 1 N–H and O–H groups in total. The molecule has 3 nitrogen and oxygen atoms in total. The van der Waals surface area contributed by atoms with Crippen LogP contribution in [0, 0.1) is 17.7 Å². The van der Waals surface area contributed by atoms with Gasteiger partial charge in [-0.15, -0.1) is 0 Å². The Morgan fingerprint density at radius 2 is 2.00 bits per heavy atom. The lowest BCUT2D eigenvalue weighted by atomic mass is 9.70. The largest absolute Gasteiger partial charge is 0.389 e. The number of likely N-dealkylation sites (tertiary alicyclic amines) is 1. The minimum Gasteiger partial charge on any atom is -0.389 e. The molecule has 2 aliphatic heterocycles. The third kappa shape index (κ3) is 4.05. The smallest absolute Gasteiger partial charge is 0.123 e. The molecule has 2 saturated heterocycles. The van der Waals surface area contributed by atoms with E-state index in [-0.39, 0.29) is 11.7 Å². The van der Waals surface area contributed by atoms with Crippen LogP contribution in [0.3, 0.4) is 0 Å². The molecule has 2 heterocycles. The molecule has 0 aromatic heterocycles. The van der Waals surface area contributed by atoms with Crippen molar-refractivity contribution in [1.82, 2.24) is 4.90 Å². The molecular formula is C20H28FNO2. The van der Waals surface area contributed by atoms with Crippen molar-refractivity contribution in [3.05, 3.63) is 41.7 Å². The standard InChI is InChI=1S/C20H28FNO2/c1-16-15-22(11-2-3-17-4-6-19(21)7-5-17)12-10-20(16,23)18-8-13-24-14-9-18/h2-7,16,18,23H,8-15H2,1H3/t16-,20+/m1/s1. The summed E-state index contributed by atoms with van der Waals surface area (Å²) >= 11 is 0. The zero-order chi connectivity index (χ0) is 17.0. The summed E-state index contributed by atoms with van der Waals surface area (Å²) in [6, 6.07) is 6.54. The summed E-state index contributed by atoms with van der Waals surface area (Å²) in [6.07, 6.45) is 6.95. The molecule has 0 amide bonds. The van der Waals surface area contributed by atoms with Gasteiger partial charge in [-0.25, -0.2) is 4.39 Å². The van der Waals surface area contributed by atoms with E-state index in [0.717, 1.165) is 57.7 Å². The Morgan fingerprint density at radius 3 is 2.67 bits per heavy atom. The number of hydrogen-bond acceptors (Lipinski definition) is 3. The Balaban J connectivity index is 1.52. The van der Waals surface area contributed by atoms with Crippen LogP contribution in [-0.2, 0) is 4.74 Å². The van der Waals surface area contributed by atoms with Crippen molar-refractivity contribution >= 4 is 6.08 Å². The molecule has 0 spiro atoms. The Kier molecular flexibility index (Phi) is 5.69. The summed E-state index contributed by atoms with van der Waals surface area (Å²) in [6.45, 7) is 6.44. The average Bonchev–Trinajstić information content (AvgIpc) is 2.61.